The summed E-state index contributed by atoms with van der Waals surface area (Å²) in [5.74, 6) is 1.71. The van der Waals surface area contributed by atoms with Crippen LogP contribution in [0.25, 0.3) is 0 Å². The van der Waals surface area contributed by atoms with Gasteiger partial charge in [-0.05, 0) is 31.0 Å². The normalized spacial score (nSPS) is 15.6. The van der Waals surface area contributed by atoms with E-state index >= 15 is 0 Å². The molecule has 0 saturated carbocycles. The molecule has 1 aromatic rings. The van der Waals surface area contributed by atoms with E-state index in [9.17, 15) is 0 Å². The topological polar surface area (TPSA) is 56.5 Å². The molecule has 1 heterocycles. The molecule has 0 aliphatic carbocycles. The first-order valence-electron chi connectivity index (χ1n) is 6.11. The van der Waals surface area contributed by atoms with Crippen LogP contribution in [0.3, 0.4) is 0 Å². The van der Waals surface area contributed by atoms with Crippen molar-refractivity contribution in [3.05, 3.63) is 23.8 Å². The Morgan fingerprint density at radius 1 is 1.29 bits per heavy atom. The summed E-state index contributed by atoms with van der Waals surface area (Å²) in [5, 5.41) is 3.36. The number of benzene rings is 1. The van der Waals surface area contributed by atoms with Gasteiger partial charge in [-0.25, -0.2) is 0 Å². The number of rotatable bonds is 5. The van der Waals surface area contributed by atoms with Gasteiger partial charge in [-0.1, -0.05) is 6.07 Å². The Balaban J connectivity index is 1.97. The lowest BCUT2D eigenvalue weighted by molar-refractivity contribution is 0.171. The summed E-state index contributed by atoms with van der Waals surface area (Å²) in [6, 6.07) is 6.56. The molecular formula is C13H20N2O2. The van der Waals surface area contributed by atoms with Crippen molar-refractivity contribution >= 4 is 0 Å². The van der Waals surface area contributed by atoms with Gasteiger partial charge < -0.3 is 20.5 Å². The molecule has 0 fully saturated rings. The van der Waals surface area contributed by atoms with Gasteiger partial charge in [0, 0.05) is 19.1 Å². The van der Waals surface area contributed by atoms with Gasteiger partial charge in [0.2, 0.25) is 0 Å². The van der Waals surface area contributed by atoms with Crippen LogP contribution in [0.15, 0.2) is 18.2 Å². The summed E-state index contributed by atoms with van der Waals surface area (Å²) in [5.41, 5.74) is 6.72. The van der Waals surface area contributed by atoms with Crippen LogP contribution in [0.5, 0.6) is 11.5 Å². The zero-order chi connectivity index (χ0) is 12.1. The standard InChI is InChI=1S/C13H20N2O2/c1-10(15-5-4-14)8-11-2-3-12-13(9-11)17-7-6-16-12/h2-3,9-10,15H,4-8,14H2,1H3. The summed E-state index contributed by atoms with van der Waals surface area (Å²) in [7, 11) is 0. The molecule has 4 heteroatoms. The maximum absolute atomic E-state index is 5.56. The lowest BCUT2D eigenvalue weighted by Gasteiger charge is -2.20. The number of fused-ring (bicyclic) bond motifs is 1. The van der Waals surface area contributed by atoms with E-state index in [-0.39, 0.29) is 0 Å². The van der Waals surface area contributed by atoms with Crippen molar-refractivity contribution < 1.29 is 9.47 Å². The highest BCUT2D eigenvalue weighted by Crippen LogP contribution is 2.30. The molecule has 4 nitrogen and oxygen atoms in total. The van der Waals surface area contributed by atoms with Crippen molar-refractivity contribution in [2.75, 3.05) is 26.3 Å². The molecule has 0 spiro atoms. The number of hydrogen-bond acceptors (Lipinski definition) is 4. The van der Waals surface area contributed by atoms with Crippen molar-refractivity contribution in [1.82, 2.24) is 5.32 Å². The monoisotopic (exact) mass is 236 g/mol. The first kappa shape index (κ1) is 12.2. The second-order valence-corrected chi connectivity index (χ2v) is 4.33. The molecule has 1 aromatic carbocycles. The summed E-state index contributed by atoms with van der Waals surface area (Å²) in [4.78, 5) is 0. The van der Waals surface area contributed by atoms with E-state index in [1.807, 2.05) is 6.07 Å². The van der Waals surface area contributed by atoms with E-state index in [0.29, 0.717) is 25.8 Å². The molecule has 3 N–H and O–H groups in total. The fourth-order valence-corrected chi connectivity index (χ4v) is 1.97. The fourth-order valence-electron chi connectivity index (χ4n) is 1.97. The maximum atomic E-state index is 5.56. The fraction of sp³-hybridized carbons (Fsp3) is 0.538. The lowest BCUT2D eigenvalue weighted by Crippen LogP contribution is -2.32. The molecular weight excluding hydrogens is 216 g/mol. The van der Waals surface area contributed by atoms with E-state index in [1.165, 1.54) is 5.56 Å². The average Bonchev–Trinajstić information content (AvgIpc) is 2.36. The molecule has 0 aromatic heterocycles. The van der Waals surface area contributed by atoms with Crippen LogP contribution in [0, 0.1) is 0 Å². The van der Waals surface area contributed by atoms with Crippen molar-refractivity contribution in [1.29, 1.82) is 0 Å². The third-order valence-electron chi connectivity index (χ3n) is 2.79. The highest BCUT2D eigenvalue weighted by atomic mass is 16.6. The van der Waals surface area contributed by atoms with Crippen LogP contribution < -0.4 is 20.5 Å². The molecule has 1 aliphatic heterocycles. The van der Waals surface area contributed by atoms with Crippen molar-refractivity contribution in [3.63, 3.8) is 0 Å². The Morgan fingerprint density at radius 3 is 2.82 bits per heavy atom. The van der Waals surface area contributed by atoms with E-state index in [0.717, 1.165) is 24.5 Å². The van der Waals surface area contributed by atoms with Crippen molar-refractivity contribution in [3.8, 4) is 11.5 Å². The number of nitrogens with one attached hydrogen (secondary N) is 1. The SMILES string of the molecule is CC(Cc1ccc2c(c1)OCCO2)NCCN. The second kappa shape index (κ2) is 5.89. The quantitative estimate of drug-likeness (QED) is 0.799. The van der Waals surface area contributed by atoms with Gasteiger partial charge in [0.05, 0.1) is 0 Å². The third kappa shape index (κ3) is 3.35. The largest absolute Gasteiger partial charge is 0.486 e. The first-order chi connectivity index (χ1) is 8.29. The van der Waals surface area contributed by atoms with Gasteiger partial charge in [0.15, 0.2) is 11.5 Å². The summed E-state index contributed by atoms with van der Waals surface area (Å²) in [6.07, 6.45) is 0.969. The molecule has 1 aliphatic rings. The molecule has 0 bridgehead atoms. The first-order valence-corrected chi connectivity index (χ1v) is 6.11. The molecule has 0 amide bonds. The molecule has 1 atom stereocenters. The Kier molecular flexibility index (Phi) is 4.23. The zero-order valence-electron chi connectivity index (χ0n) is 10.2. The summed E-state index contributed by atoms with van der Waals surface area (Å²) < 4.78 is 11.1. The summed E-state index contributed by atoms with van der Waals surface area (Å²) >= 11 is 0. The predicted octanol–water partition coefficient (Wildman–Crippen LogP) is 0.937. The van der Waals surface area contributed by atoms with Crippen LogP contribution >= 0.6 is 0 Å². The molecule has 17 heavy (non-hydrogen) atoms. The van der Waals surface area contributed by atoms with E-state index in [2.05, 4.69) is 24.4 Å². The highest BCUT2D eigenvalue weighted by molar-refractivity contribution is 5.43. The minimum absolute atomic E-state index is 0.418. The number of ether oxygens (including phenoxy) is 2. The minimum atomic E-state index is 0.418. The van der Waals surface area contributed by atoms with Crippen molar-refractivity contribution in [2.24, 2.45) is 5.73 Å². The Morgan fingerprint density at radius 2 is 2.06 bits per heavy atom. The Labute approximate surface area is 102 Å². The van der Waals surface area contributed by atoms with E-state index in [1.54, 1.807) is 0 Å². The number of nitrogens with two attached hydrogens (primary N) is 1. The van der Waals surface area contributed by atoms with E-state index < -0.39 is 0 Å². The highest BCUT2D eigenvalue weighted by Gasteiger charge is 2.12. The Bertz CT molecular complexity index is 368. The summed E-state index contributed by atoms with van der Waals surface area (Å²) in [6.45, 7) is 4.96. The number of hydrogen-bond donors (Lipinski definition) is 2. The lowest BCUT2D eigenvalue weighted by atomic mass is 10.1. The minimum Gasteiger partial charge on any atom is -0.486 e. The van der Waals surface area contributed by atoms with Crippen LogP contribution in [0.1, 0.15) is 12.5 Å². The smallest absolute Gasteiger partial charge is 0.161 e. The van der Waals surface area contributed by atoms with Crippen LogP contribution in [0.2, 0.25) is 0 Å². The van der Waals surface area contributed by atoms with Gasteiger partial charge >= 0.3 is 0 Å². The molecule has 0 saturated heterocycles. The third-order valence-corrected chi connectivity index (χ3v) is 2.79. The molecule has 2 rings (SSSR count). The van der Waals surface area contributed by atoms with Gasteiger partial charge in [-0.2, -0.15) is 0 Å². The van der Waals surface area contributed by atoms with Crippen LogP contribution in [0.4, 0.5) is 0 Å². The van der Waals surface area contributed by atoms with Gasteiger partial charge in [-0.3, -0.25) is 0 Å². The molecule has 94 valence electrons. The van der Waals surface area contributed by atoms with Gasteiger partial charge in [0.25, 0.3) is 0 Å². The van der Waals surface area contributed by atoms with Crippen LogP contribution in [-0.2, 0) is 6.42 Å². The Hall–Kier alpha value is -1.26. The predicted molar refractivity (Wildman–Crippen MR) is 67.7 cm³/mol. The molecule has 0 radical (unpaired) electrons. The van der Waals surface area contributed by atoms with E-state index in [4.69, 9.17) is 15.2 Å². The van der Waals surface area contributed by atoms with Crippen LogP contribution in [-0.4, -0.2) is 32.3 Å². The average molecular weight is 236 g/mol. The zero-order valence-corrected chi connectivity index (χ0v) is 10.2. The van der Waals surface area contributed by atoms with Crippen molar-refractivity contribution in [2.45, 2.75) is 19.4 Å². The van der Waals surface area contributed by atoms with Gasteiger partial charge in [-0.15, -0.1) is 0 Å². The molecule has 1 unspecified atom stereocenters. The maximum Gasteiger partial charge on any atom is 0.161 e. The second-order valence-electron chi connectivity index (χ2n) is 4.33. The van der Waals surface area contributed by atoms with Gasteiger partial charge in [0.1, 0.15) is 13.2 Å².